The molecule has 0 aliphatic carbocycles. The van der Waals surface area contributed by atoms with Gasteiger partial charge in [0, 0.05) is 17.7 Å². The monoisotopic (exact) mass is 365 g/mol. The number of nitrogens with zero attached hydrogens (tertiary/aromatic N) is 1. The highest BCUT2D eigenvalue weighted by molar-refractivity contribution is 6.00. The van der Waals surface area contributed by atoms with Crippen LogP contribution in [-0.2, 0) is 27.3 Å². The summed E-state index contributed by atoms with van der Waals surface area (Å²) in [6.07, 6.45) is 0.698. The molecule has 3 aromatic rings. The van der Waals surface area contributed by atoms with Crippen molar-refractivity contribution in [3.8, 4) is 5.75 Å². The van der Waals surface area contributed by atoms with Crippen molar-refractivity contribution >= 4 is 22.7 Å². The molecule has 0 bridgehead atoms. The number of methoxy groups -OCH3 is 1. The molecule has 0 atom stereocenters. The number of carbonyl (C=O) groups is 2. The Balaban J connectivity index is 2.10. The maximum absolute atomic E-state index is 11.9. The molecular weight excluding hydrogens is 346 g/mol. The first kappa shape index (κ1) is 18.4. The van der Waals surface area contributed by atoms with Gasteiger partial charge in [-0.1, -0.05) is 42.5 Å². The smallest absolute Gasteiger partial charge is 0.360 e. The topological polar surface area (TPSA) is 85.7 Å². The molecule has 6 nitrogen and oxygen atoms in total. The molecular formula is C21H19NO5. The van der Waals surface area contributed by atoms with Gasteiger partial charge < -0.3 is 14.6 Å². The van der Waals surface area contributed by atoms with Gasteiger partial charge in [0.2, 0.25) is 0 Å². The summed E-state index contributed by atoms with van der Waals surface area (Å²) >= 11 is 0. The van der Waals surface area contributed by atoms with Crippen molar-refractivity contribution in [2.45, 2.75) is 20.0 Å². The van der Waals surface area contributed by atoms with Crippen LogP contribution in [0, 0.1) is 0 Å². The third-order valence-electron chi connectivity index (χ3n) is 4.16. The average Bonchev–Trinajstić information content (AvgIpc) is 2.67. The lowest BCUT2D eigenvalue weighted by Gasteiger charge is -2.12. The lowest BCUT2D eigenvalue weighted by Crippen LogP contribution is -2.09. The average molecular weight is 365 g/mol. The fourth-order valence-electron chi connectivity index (χ4n) is 2.87. The van der Waals surface area contributed by atoms with Crippen LogP contribution in [0.25, 0.3) is 10.8 Å². The first-order chi connectivity index (χ1) is 13.0. The molecule has 0 amide bonds. The van der Waals surface area contributed by atoms with Gasteiger partial charge in [-0.2, -0.15) is 0 Å². The molecule has 6 heteroatoms. The zero-order valence-corrected chi connectivity index (χ0v) is 15.1. The molecule has 138 valence electrons. The lowest BCUT2D eigenvalue weighted by atomic mass is 9.99. The molecule has 2 aromatic carbocycles. The summed E-state index contributed by atoms with van der Waals surface area (Å²) in [6, 6.07) is 15.4. The van der Waals surface area contributed by atoms with E-state index in [1.54, 1.807) is 6.07 Å². The number of carbonyl (C=O) groups excluding carboxylic acids is 2. The highest BCUT2D eigenvalue weighted by Gasteiger charge is 2.20. The van der Waals surface area contributed by atoms with Crippen LogP contribution >= 0.6 is 0 Å². The number of fused-ring (bicyclic) bond motifs is 1. The Hall–Kier alpha value is -3.41. The zero-order valence-electron chi connectivity index (χ0n) is 15.1. The van der Waals surface area contributed by atoms with E-state index in [9.17, 15) is 14.7 Å². The van der Waals surface area contributed by atoms with Gasteiger partial charge in [-0.3, -0.25) is 4.79 Å². The molecule has 1 heterocycles. The van der Waals surface area contributed by atoms with E-state index < -0.39 is 11.9 Å². The maximum Gasteiger partial charge on any atom is 0.360 e. The van der Waals surface area contributed by atoms with E-state index in [-0.39, 0.29) is 18.1 Å². The quantitative estimate of drug-likeness (QED) is 0.698. The van der Waals surface area contributed by atoms with Crippen molar-refractivity contribution in [3.05, 3.63) is 71.0 Å². The number of ether oxygens (including phenoxy) is 2. The van der Waals surface area contributed by atoms with Gasteiger partial charge in [0.25, 0.3) is 0 Å². The predicted molar refractivity (Wildman–Crippen MR) is 99.5 cm³/mol. The zero-order chi connectivity index (χ0) is 19.4. The van der Waals surface area contributed by atoms with Crippen LogP contribution in [0.1, 0.15) is 34.2 Å². The fourth-order valence-corrected chi connectivity index (χ4v) is 2.87. The minimum atomic E-state index is -0.758. The second-order valence-corrected chi connectivity index (χ2v) is 6.07. The van der Waals surface area contributed by atoms with Gasteiger partial charge in [-0.05, 0) is 23.6 Å². The number of esters is 2. The van der Waals surface area contributed by atoms with E-state index in [0.29, 0.717) is 22.9 Å². The van der Waals surface area contributed by atoms with Crippen LogP contribution < -0.4 is 0 Å². The van der Waals surface area contributed by atoms with Crippen molar-refractivity contribution in [3.63, 3.8) is 0 Å². The summed E-state index contributed by atoms with van der Waals surface area (Å²) in [6.45, 7) is 1.19. The first-order valence-electron chi connectivity index (χ1n) is 8.39. The van der Waals surface area contributed by atoms with Crippen molar-refractivity contribution in [1.29, 1.82) is 0 Å². The van der Waals surface area contributed by atoms with E-state index in [1.807, 2.05) is 42.5 Å². The Morgan fingerprint density at radius 3 is 2.44 bits per heavy atom. The number of pyridine rings is 1. The van der Waals surface area contributed by atoms with Gasteiger partial charge in [-0.15, -0.1) is 0 Å². The minimum Gasteiger partial charge on any atom is -0.505 e. The molecule has 0 unspecified atom stereocenters. The van der Waals surface area contributed by atoms with Crippen molar-refractivity contribution in [1.82, 2.24) is 4.98 Å². The normalized spacial score (nSPS) is 10.6. The highest BCUT2D eigenvalue weighted by Crippen LogP contribution is 2.31. The van der Waals surface area contributed by atoms with E-state index in [1.165, 1.54) is 14.0 Å². The Kier molecular flexibility index (Phi) is 5.35. The summed E-state index contributed by atoms with van der Waals surface area (Å²) in [5.41, 5.74) is 2.32. The van der Waals surface area contributed by atoms with Crippen LogP contribution in [0.15, 0.2) is 48.5 Å². The Labute approximate surface area is 156 Å². The minimum absolute atomic E-state index is 0.106. The molecule has 0 radical (unpaired) electrons. The Bertz CT molecular complexity index is 998. The maximum atomic E-state index is 11.9. The van der Waals surface area contributed by atoms with Crippen molar-refractivity contribution in [2.24, 2.45) is 0 Å². The van der Waals surface area contributed by atoms with Gasteiger partial charge in [0.15, 0.2) is 11.4 Å². The van der Waals surface area contributed by atoms with Crippen LogP contribution in [0.4, 0.5) is 0 Å². The molecule has 0 aliphatic heterocycles. The summed E-state index contributed by atoms with van der Waals surface area (Å²) < 4.78 is 9.75. The Morgan fingerprint density at radius 2 is 1.78 bits per heavy atom. The van der Waals surface area contributed by atoms with Gasteiger partial charge in [0.05, 0.1) is 12.8 Å². The summed E-state index contributed by atoms with van der Waals surface area (Å²) in [4.78, 5) is 27.3. The van der Waals surface area contributed by atoms with Crippen LogP contribution in [-0.4, -0.2) is 29.1 Å². The van der Waals surface area contributed by atoms with Gasteiger partial charge in [-0.25, -0.2) is 9.78 Å². The van der Waals surface area contributed by atoms with Gasteiger partial charge >= 0.3 is 11.9 Å². The number of aromatic nitrogens is 1. The summed E-state index contributed by atoms with van der Waals surface area (Å²) in [5, 5.41) is 11.5. The third-order valence-corrected chi connectivity index (χ3v) is 4.16. The molecule has 0 saturated carbocycles. The first-order valence-corrected chi connectivity index (χ1v) is 8.39. The third kappa shape index (κ3) is 4.06. The second kappa shape index (κ2) is 7.86. The second-order valence-electron chi connectivity index (χ2n) is 6.07. The molecule has 3 rings (SSSR count). The summed E-state index contributed by atoms with van der Waals surface area (Å²) in [7, 11) is 1.21. The van der Waals surface area contributed by atoms with Crippen molar-refractivity contribution < 1.29 is 24.2 Å². The number of rotatable bonds is 5. The molecule has 1 N–H and O–H groups in total. The SMILES string of the molecule is COC(=O)c1nc(COC(C)=O)c2cc(Cc3ccccc3)ccc2c1O. The number of hydrogen-bond acceptors (Lipinski definition) is 6. The predicted octanol–water partition coefficient (Wildman–Crippen LogP) is 3.38. The van der Waals surface area contributed by atoms with Crippen LogP contribution in [0.2, 0.25) is 0 Å². The largest absolute Gasteiger partial charge is 0.505 e. The van der Waals surface area contributed by atoms with Crippen molar-refractivity contribution in [2.75, 3.05) is 7.11 Å². The van der Waals surface area contributed by atoms with E-state index in [0.717, 1.165) is 11.1 Å². The molecule has 27 heavy (non-hydrogen) atoms. The molecule has 0 fully saturated rings. The molecule has 0 spiro atoms. The lowest BCUT2D eigenvalue weighted by molar-refractivity contribution is -0.142. The highest BCUT2D eigenvalue weighted by atomic mass is 16.5. The van der Waals surface area contributed by atoms with E-state index in [2.05, 4.69) is 9.72 Å². The van der Waals surface area contributed by atoms with E-state index in [4.69, 9.17) is 4.74 Å². The standard InChI is InChI=1S/C21H19NO5/c1-13(23)27-12-18-17-11-15(10-14-6-4-3-5-7-14)8-9-16(17)20(24)19(22-18)21(25)26-2/h3-9,11,24H,10,12H2,1-2H3. The summed E-state index contributed by atoms with van der Waals surface area (Å²) in [5.74, 6) is -1.47. The molecule has 1 aromatic heterocycles. The van der Waals surface area contributed by atoms with E-state index >= 15 is 0 Å². The molecule has 0 saturated heterocycles. The Morgan fingerprint density at radius 1 is 1.04 bits per heavy atom. The number of benzene rings is 2. The fraction of sp³-hybridized carbons (Fsp3) is 0.190. The van der Waals surface area contributed by atoms with Crippen LogP contribution in [0.3, 0.4) is 0 Å². The number of hydrogen-bond donors (Lipinski definition) is 1. The number of aromatic hydroxyl groups is 1. The van der Waals surface area contributed by atoms with Crippen LogP contribution in [0.5, 0.6) is 5.75 Å². The molecule has 0 aliphatic rings. The van der Waals surface area contributed by atoms with Gasteiger partial charge in [0.1, 0.15) is 6.61 Å².